The Morgan fingerprint density at radius 3 is 2.28 bits per heavy atom. The minimum atomic E-state index is -0.432. The molecular formula is C17H26N2O5S. The molecule has 0 aliphatic heterocycles. The number of thiophene rings is 1. The van der Waals surface area contributed by atoms with E-state index in [9.17, 15) is 14.4 Å². The van der Waals surface area contributed by atoms with Crippen LogP contribution in [0.3, 0.4) is 0 Å². The quantitative estimate of drug-likeness (QED) is 0.671. The topological polar surface area (TPSA) is 84.9 Å². The van der Waals surface area contributed by atoms with E-state index in [0.29, 0.717) is 23.6 Å². The van der Waals surface area contributed by atoms with E-state index in [1.54, 1.807) is 25.8 Å². The number of hydrogen-bond acceptors (Lipinski definition) is 7. The first kappa shape index (κ1) is 21.1. The van der Waals surface area contributed by atoms with Gasteiger partial charge in [-0.3, -0.25) is 14.5 Å². The van der Waals surface area contributed by atoms with E-state index in [1.165, 1.54) is 11.3 Å². The van der Waals surface area contributed by atoms with Crippen LogP contribution in [0.5, 0.6) is 0 Å². The van der Waals surface area contributed by atoms with Crippen LogP contribution in [0.1, 0.15) is 41.6 Å². The molecule has 1 amide bonds. The molecule has 1 heterocycles. The van der Waals surface area contributed by atoms with Crippen LogP contribution < -0.4 is 5.32 Å². The summed E-state index contributed by atoms with van der Waals surface area (Å²) in [6.07, 6.45) is 0.676. The highest BCUT2D eigenvalue weighted by Crippen LogP contribution is 2.34. The van der Waals surface area contributed by atoms with Gasteiger partial charge in [-0.15, -0.1) is 11.3 Å². The maximum atomic E-state index is 12.3. The van der Waals surface area contributed by atoms with Crippen molar-refractivity contribution in [2.24, 2.45) is 0 Å². The van der Waals surface area contributed by atoms with Gasteiger partial charge in [-0.05, 0) is 39.8 Å². The SMILES string of the molecule is CCOC(=O)CN(C)CC(=O)Nc1sc(C)c(CC)c1C(=O)OCC. The van der Waals surface area contributed by atoms with Crippen molar-refractivity contribution in [3.63, 3.8) is 0 Å². The number of nitrogens with one attached hydrogen (secondary N) is 1. The molecule has 7 nitrogen and oxygen atoms in total. The highest BCUT2D eigenvalue weighted by atomic mass is 32.1. The average Bonchev–Trinajstić information content (AvgIpc) is 2.82. The second kappa shape index (κ2) is 10.1. The van der Waals surface area contributed by atoms with E-state index >= 15 is 0 Å². The largest absolute Gasteiger partial charge is 0.465 e. The van der Waals surface area contributed by atoms with Crippen LogP contribution in [0.25, 0.3) is 0 Å². The zero-order chi connectivity index (χ0) is 19.0. The van der Waals surface area contributed by atoms with Crippen molar-refractivity contribution in [2.75, 3.05) is 38.7 Å². The second-order valence-corrected chi connectivity index (χ2v) is 6.67. The van der Waals surface area contributed by atoms with Crippen molar-refractivity contribution in [2.45, 2.75) is 34.1 Å². The van der Waals surface area contributed by atoms with Gasteiger partial charge in [0.05, 0.1) is 31.9 Å². The molecule has 25 heavy (non-hydrogen) atoms. The summed E-state index contributed by atoms with van der Waals surface area (Å²) in [5.74, 6) is -1.12. The minimum absolute atomic E-state index is 0.0134. The van der Waals surface area contributed by atoms with Gasteiger partial charge in [0.25, 0.3) is 0 Å². The molecule has 0 saturated carbocycles. The van der Waals surface area contributed by atoms with Crippen molar-refractivity contribution in [3.8, 4) is 0 Å². The highest BCUT2D eigenvalue weighted by molar-refractivity contribution is 7.16. The lowest BCUT2D eigenvalue weighted by molar-refractivity contribution is -0.144. The summed E-state index contributed by atoms with van der Waals surface area (Å²) >= 11 is 1.35. The Bertz CT molecular complexity index is 627. The minimum Gasteiger partial charge on any atom is -0.465 e. The lowest BCUT2D eigenvalue weighted by Gasteiger charge is -2.15. The summed E-state index contributed by atoms with van der Waals surface area (Å²) in [7, 11) is 1.65. The van der Waals surface area contributed by atoms with Gasteiger partial charge >= 0.3 is 11.9 Å². The van der Waals surface area contributed by atoms with Crippen molar-refractivity contribution < 1.29 is 23.9 Å². The van der Waals surface area contributed by atoms with E-state index < -0.39 is 5.97 Å². The maximum Gasteiger partial charge on any atom is 0.341 e. The van der Waals surface area contributed by atoms with Crippen LogP contribution in [0.4, 0.5) is 5.00 Å². The number of ether oxygens (including phenoxy) is 2. The molecule has 0 aliphatic rings. The number of carbonyl (C=O) groups excluding carboxylic acids is 3. The van der Waals surface area contributed by atoms with Crippen LogP contribution >= 0.6 is 11.3 Å². The van der Waals surface area contributed by atoms with Gasteiger partial charge in [0.2, 0.25) is 5.91 Å². The van der Waals surface area contributed by atoms with E-state index in [4.69, 9.17) is 9.47 Å². The number of rotatable bonds is 9. The number of likely N-dealkylation sites (N-methyl/N-ethyl adjacent to an activating group) is 1. The van der Waals surface area contributed by atoms with Crippen LogP contribution in [-0.2, 0) is 25.5 Å². The molecule has 0 radical (unpaired) electrons. The zero-order valence-electron chi connectivity index (χ0n) is 15.4. The number of nitrogens with zero attached hydrogens (tertiary/aromatic N) is 1. The predicted octanol–water partition coefficient (Wildman–Crippen LogP) is 2.23. The average molecular weight is 370 g/mol. The monoisotopic (exact) mass is 370 g/mol. The van der Waals surface area contributed by atoms with Crippen molar-refractivity contribution in [3.05, 3.63) is 16.0 Å². The third kappa shape index (κ3) is 6.13. The fourth-order valence-corrected chi connectivity index (χ4v) is 3.56. The molecule has 0 aromatic carbocycles. The third-order valence-electron chi connectivity index (χ3n) is 3.41. The molecule has 1 aromatic heterocycles. The normalized spacial score (nSPS) is 10.6. The Morgan fingerprint density at radius 2 is 1.72 bits per heavy atom. The van der Waals surface area contributed by atoms with Crippen molar-refractivity contribution in [1.82, 2.24) is 4.90 Å². The molecule has 1 N–H and O–H groups in total. The first-order valence-electron chi connectivity index (χ1n) is 8.27. The van der Waals surface area contributed by atoms with Crippen LogP contribution in [0.15, 0.2) is 0 Å². The number of hydrogen-bond donors (Lipinski definition) is 1. The smallest absolute Gasteiger partial charge is 0.341 e. The van der Waals surface area contributed by atoms with E-state index in [2.05, 4.69) is 5.32 Å². The Morgan fingerprint density at radius 1 is 1.08 bits per heavy atom. The molecule has 0 spiro atoms. The summed E-state index contributed by atoms with van der Waals surface area (Å²) in [4.78, 5) is 38.5. The van der Waals surface area contributed by atoms with Crippen molar-refractivity contribution in [1.29, 1.82) is 0 Å². The summed E-state index contributed by atoms with van der Waals surface area (Å²) in [6, 6.07) is 0. The summed E-state index contributed by atoms with van der Waals surface area (Å²) in [6.45, 7) is 7.94. The van der Waals surface area contributed by atoms with Gasteiger partial charge in [-0.2, -0.15) is 0 Å². The van der Waals surface area contributed by atoms with E-state index in [-0.39, 0.29) is 31.6 Å². The molecule has 1 rings (SSSR count). The molecule has 0 saturated heterocycles. The van der Waals surface area contributed by atoms with Crippen LogP contribution in [0, 0.1) is 6.92 Å². The molecular weight excluding hydrogens is 344 g/mol. The standard InChI is InChI=1S/C17H26N2O5S/c1-6-12-11(4)25-16(15(12)17(22)24-8-3)18-13(20)9-19(5)10-14(21)23-7-2/h6-10H2,1-5H3,(H,18,20). The van der Waals surface area contributed by atoms with Gasteiger partial charge in [-0.1, -0.05) is 6.92 Å². The number of amides is 1. The Kier molecular flexibility index (Phi) is 8.57. The lowest BCUT2D eigenvalue weighted by Crippen LogP contribution is -2.34. The highest BCUT2D eigenvalue weighted by Gasteiger charge is 2.23. The fourth-order valence-electron chi connectivity index (χ4n) is 2.41. The maximum absolute atomic E-state index is 12.3. The van der Waals surface area contributed by atoms with Crippen LogP contribution in [0.2, 0.25) is 0 Å². The molecule has 0 atom stereocenters. The molecule has 140 valence electrons. The molecule has 0 fully saturated rings. The zero-order valence-corrected chi connectivity index (χ0v) is 16.2. The van der Waals surface area contributed by atoms with Gasteiger partial charge in [-0.25, -0.2) is 4.79 Å². The Balaban J connectivity index is 2.83. The summed E-state index contributed by atoms with van der Waals surface area (Å²) in [5.41, 5.74) is 1.31. The number of anilines is 1. The van der Waals surface area contributed by atoms with Gasteiger partial charge in [0.15, 0.2) is 0 Å². The van der Waals surface area contributed by atoms with Crippen molar-refractivity contribution >= 4 is 34.2 Å². The second-order valence-electron chi connectivity index (χ2n) is 5.44. The summed E-state index contributed by atoms with van der Waals surface area (Å²) in [5, 5.41) is 3.25. The molecule has 0 aliphatic carbocycles. The first-order chi connectivity index (χ1) is 11.8. The molecule has 8 heteroatoms. The van der Waals surface area contributed by atoms with Gasteiger partial charge < -0.3 is 14.8 Å². The predicted molar refractivity (Wildman–Crippen MR) is 97.2 cm³/mol. The third-order valence-corrected chi connectivity index (χ3v) is 4.48. The van der Waals surface area contributed by atoms with Crippen LogP contribution in [-0.4, -0.2) is 56.1 Å². The molecule has 0 unspecified atom stereocenters. The number of aryl methyl sites for hydroxylation is 1. The summed E-state index contributed by atoms with van der Waals surface area (Å²) < 4.78 is 9.96. The fraction of sp³-hybridized carbons (Fsp3) is 0.588. The molecule has 0 bridgehead atoms. The van der Waals surface area contributed by atoms with Gasteiger partial charge in [0.1, 0.15) is 5.00 Å². The molecule has 1 aromatic rings. The van der Waals surface area contributed by atoms with E-state index in [1.807, 2.05) is 13.8 Å². The lowest BCUT2D eigenvalue weighted by atomic mass is 10.1. The Hall–Kier alpha value is -1.93. The number of carbonyl (C=O) groups is 3. The first-order valence-corrected chi connectivity index (χ1v) is 9.08. The Labute approximate surface area is 152 Å². The van der Waals surface area contributed by atoms with E-state index in [0.717, 1.165) is 10.4 Å². The number of esters is 2. The van der Waals surface area contributed by atoms with Gasteiger partial charge in [0, 0.05) is 4.88 Å².